The van der Waals surface area contributed by atoms with E-state index in [9.17, 15) is 19.6 Å². The highest BCUT2D eigenvalue weighted by molar-refractivity contribution is 7.47. The maximum absolute atomic E-state index is 11.3. The van der Waals surface area contributed by atoms with Crippen LogP contribution in [-0.4, -0.2) is 16.4 Å². The number of hydrogen-bond donors (Lipinski definition) is 1. The van der Waals surface area contributed by atoms with Crippen molar-refractivity contribution in [2.24, 2.45) is 0 Å². The van der Waals surface area contributed by atoms with E-state index >= 15 is 0 Å². The third-order valence-corrected chi connectivity index (χ3v) is 2.83. The Kier molecular flexibility index (Phi) is 5.18. The molecule has 0 saturated heterocycles. The molecule has 0 radical (unpaired) electrons. The van der Waals surface area contributed by atoms with Crippen LogP contribution in [0.2, 0.25) is 0 Å². The van der Waals surface area contributed by atoms with Gasteiger partial charge in [-0.1, -0.05) is 6.08 Å². The minimum atomic E-state index is -4.11. The van der Waals surface area contributed by atoms with Gasteiger partial charge in [-0.2, -0.15) is 0 Å². The molecule has 0 amide bonds. The highest BCUT2D eigenvalue weighted by Gasteiger charge is 2.20. The molecule has 0 aromatic heterocycles. The molecule has 8 heteroatoms. The number of hydrogen-bond acceptors (Lipinski definition) is 5. The lowest BCUT2D eigenvalue weighted by Gasteiger charge is -2.10. The number of nitrogens with zero attached hydrogens (tertiary/aromatic N) is 1. The summed E-state index contributed by atoms with van der Waals surface area (Å²) in [5, 5.41) is 10.4. The zero-order valence-electron chi connectivity index (χ0n) is 9.39. The van der Waals surface area contributed by atoms with E-state index in [1.165, 1.54) is 30.3 Å². The average molecular weight is 273 g/mol. The number of nitro benzene ring substituents is 1. The van der Waals surface area contributed by atoms with Crippen molar-refractivity contribution in [3.05, 3.63) is 52.6 Å². The standard InChI is InChI=1S/C10H12NO6P/c1-2-7-16-18(14,15)17-8-9-3-5-10(6-4-9)11(12)13/h2-6H,1,7-8H2,(H,14,15). The van der Waals surface area contributed by atoms with Crippen LogP contribution >= 0.6 is 7.82 Å². The van der Waals surface area contributed by atoms with Gasteiger partial charge in [0, 0.05) is 12.1 Å². The molecule has 0 aliphatic rings. The summed E-state index contributed by atoms with van der Waals surface area (Å²) in [5.74, 6) is 0. The maximum Gasteiger partial charge on any atom is 0.472 e. The van der Waals surface area contributed by atoms with Crippen molar-refractivity contribution in [2.45, 2.75) is 6.61 Å². The van der Waals surface area contributed by atoms with Crippen molar-refractivity contribution in [3.63, 3.8) is 0 Å². The first-order chi connectivity index (χ1) is 8.44. The normalized spacial score (nSPS) is 13.8. The van der Waals surface area contributed by atoms with Gasteiger partial charge in [0.2, 0.25) is 0 Å². The van der Waals surface area contributed by atoms with Gasteiger partial charge in [-0.15, -0.1) is 6.58 Å². The SMILES string of the molecule is C=CCOP(=O)(O)OCc1ccc([N+](=O)[O-])cc1. The topological polar surface area (TPSA) is 98.9 Å². The van der Waals surface area contributed by atoms with Crippen LogP contribution in [0, 0.1) is 10.1 Å². The minimum absolute atomic E-state index is 0.0613. The monoisotopic (exact) mass is 273 g/mol. The van der Waals surface area contributed by atoms with Crippen LogP contribution in [0.1, 0.15) is 5.56 Å². The molecule has 18 heavy (non-hydrogen) atoms. The molecule has 0 aliphatic carbocycles. The van der Waals surface area contributed by atoms with Crippen molar-refractivity contribution in [3.8, 4) is 0 Å². The van der Waals surface area contributed by atoms with E-state index in [2.05, 4.69) is 15.6 Å². The predicted molar refractivity (Wildman–Crippen MR) is 63.9 cm³/mol. The van der Waals surface area contributed by atoms with E-state index in [4.69, 9.17) is 0 Å². The molecule has 0 aliphatic heterocycles. The number of rotatable bonds is 7. The highest BCUT2D eigenvalue weighted by Crippen LogP contribution is 2.43. The van der Waals surface area contributed by atoms with E-state index in [1.54, 1.807) is 0 Å². The van der Waals surface area contributed by atoms with Gasteiger partial charge in [0.1, 0.15) is 0 Å². The Balaban J connectivity index is 2.55. The molecule has 1 aromatic rings. The lowest BCUT2D eigenvalue weighted by molar-refractivity contribution is -0.384. The molecular formula is C10H12NO6P. The first kappa shape index (κ1) is 14.5. The van der Waals surface area contributed by atoms with Crippen LogP contribution < -0.4 is 0 Å². The summed E-state index contributed by atoms with van der Waals surface area (Å²) in [5.41, 5.74) is 0.464. The molecule has 0 fully saturated rings. The van der Waals surface area contributed by atoms with Crippen molar-refractivity contribution < 1.29 is 23.4 Å². The summed E-state index contributed by atoms with van der Waals surface area (Å²) >= 11 is 0. The first-order valence-electron chi connectivity index (χ1n) is 4.91. The van der Waals surface area contributed by atoms with Crippen molar-refractivity contribution >= 4 is 13.5 Å². The molecule has 0 heterocycles. The van der Waals surface area contributed by atoms with Gasteiger partial charge in [0.15, 0.2) is 0 Å². The third kappa shape index (κ3) is 4.77. The van der Waals surface area contributed by atoms with Gasteiger partial charge in [0.05, 0.1) is 18.1 Å². The number of nitro groups is 1. The van der Waals surface area contributed by atoms with Crippen molar-refractivity contribution in [1.29, 1.82) is 0 Å². The van der Waals surface area contributed by atoms with Crippen molar-refractivity contribution in [2.75, 3.05) is 6.61 Å². The molecular weight excluding hydrogens is 261 g/mol. The van der Waals surface area contributed by atoms with E-state index < -0.39 is 12.7 Å². The number of non-ortho nitro benzene ring substituents is 1. The summed E-state index contributed by atoms with van der Waals surface area (Å²) in [7, 11) is -4.11. The molecule has 1 aromatic carbocycles. The largest absolute Gasteiger partial charge is 0.472 e. The lowest BCUT2D eigenvalue weighted by Crippen LogP contribution is -1.96. The highest BCUT2D eigenvalue weighted by atomic mass is 31.2. The van der Waals surface area contributed by atoms with Gasteiger partial charge < -0.3 is 4.89 Å². The van der Waals surface area contributed by atoms with E-state index in [-0.39, 0.29) is 18.9 Å². The van der Waals surface area contributed by atoms with Crippen LogP contribution in [0.15, 0.2) is 36.9 Å². The van der Waals surface area contributed by atoms with Gasteiger partial charge in [-0.05, 0) is 17.7 Å². The van der Waals surface area contributed by atoms with Crippen LogP contribution in [0.25, 0.3) is 0 Å². The molecule has 0 spiro atoms. The Hall–Kier alpha value is -1.53. The summed E-state index contributed by atoms with van der Waals surface area (Å²) in [6, 6.07) is 5.44. The number of benzene rings is 1. The quantitative estimate of drug-likeness (QED) is 0.354. The van der Waals surface area contributed by atoms with E-state index in [0.29, 0.717) is 5.56 Å². The van der Waals surface area contributed by atoms with Gasteiger partial charge in [-0.3, -0.25) is 19.2 Å². The molecule has 0 saturated carbocycles. The number of phosphoric ester groups is 1. The fraction of sp³-hybridized carbons (Fsp3) is 0.200. The maximum atomic E-state index is 11.3. The fourth-order valence-corrected chi connectivity index (χ4v) is 1.73. The number of phosphoric acid groups is 1. The summed E-state index contributed by atoms with van der Waals surface area (Å²) in [6.07, 6.45) is 1.32. The van der Waals surface area contributed by atoms with Gasteiger partial charge in [-0.25, -0.2) is 4.57 Å². The average Bonchev–Trinajstić information content (AvgIpc) is 2.35. The molecule has 1 unspecified atom stereocenters. The predicted octanol–water partition coefficient (Wildman–Crippen LogP) is 2.41. The Bertz CT molecular complexity index is 472. The molecule has 7 nitrogen and oxygen atoms in total. The van der Waals surface area contributed by atoms with Crippen LogP contribution in [0.4, 0.5) is 5.69 Å². The summed E-state index contributed by atoms with van der Waals surface area (Å²) in [4.78, 5) is 19.1. The summed E-state index contributed by atoms with van der Waals surface area (Å²) < 4.78 is 20.5. The van der Waals surface area contributed by atoms with E-state index in [0.717, 1.165) is 0 Å². The van der Waals surface area contributed by atoms with Crippen LogP contribution in [0.3, 0.4) is 0 Å². The zero-order chi connectivity index (χ0) is 13.6. The van der Waals surface area contributed by atoms with Crippen molar-refractivity contribution in [1.82, 2.24) is 0 Å². The lowest BCUT2D eigenvalue weighted by atomic mass is 10.2. The zero-order valence-corrected chi connectivity index (χ0v) is 10.3. The molecule has 0 bridgehead atoms. The van der Waals surface area contributed by atoms with E-state index in [1.807, 2.05) is 0 Å². The van der Waals surface area contributed by atoms with Crippen LogP contribution in [-0.2, 0) is 20.2 Å². The molecule has 98 valence electrons. The third-order valence-electron chi connectivity index (χ3n) is 1.90. The second-order valence-electron chi connectivity index (χ2n) is 3.25. The summed E-state index contributed by atoms with van der Waals surface area (Å²) in [6.45, 7) is 3.05. The van der Waals surface area contributed by atoms with Gasteiger partial charge in [0.25, 0.3) is 5.69 Å². The first-order valence-corrected chi connectivity index (χ1v) is 6.40. The fourth-order valence-electron chi connectivity index (χ4n) is 1.05. The molecule has 1 atom stereocenters. The van der Waals surface area contributed by atoms with Crippen LogP contribution in [0.5, 0.6) is 0 Å². The Morgan fingerprint density at radius 2 is 2.00 bits per heavy atom. The molecule has 1 N–H and O–H groups in total. The Morgan fingerprint density at radius 1 is 1.39 bits per heavy atom. The van der Waals surface area contributed by atoms with Gasteiger partial charge >= 0.3 is 7.82 Å². The second kappa shape index (κ2) is 6.42. The smallest absolute Gasteiger partial charge is 0.302 e. The minimum Gasteiger partial charge on any atom is -0.302 e. The molecule has 1 rings (SSSR count). The second-order valence-corrected chi connectivity index (χ2v) is 4.70. The Labute approximate surface area is 103 Å². The Morgan fingerprint density at radius 3 is 2.50 bits per heavy atom.